The number of nitrogens with zero attached hydrogens (tertiary/aromatic N) is 2. The average Bonchev–Trinajstić information content (AvgIpc) is 3.25. The maximum absolute atomic E-state index is 13.7. The monoisotopic (exact) mass is 428 g/mol. The van der Waals surface area contributed by atoms with Gasteiger partial charge in [0.05, 0.1) is 16.8 Å². The number of para-hydroxylation sites is 1. The van der Waals surface area contributed by atoms with Gasteiger partial charge in [0.1, 0.15) is 17.0 Å². The molecule has 0 saturated heterocycles. The molecule has 0 saturated carbocycles. The van der Waals surface area contributed by atoms with E-state index in [1.165, 1.54) is 11.0 Å². The summed E-state index contributed by atoms with van der Waals surface area (Å²) < 4.78 is 29.3. The summed E-state index contributed by atoms with van der Waals surface area (Å²) in [6, 6.07) is 15.3. The van der Waals surface area contributed by atoms with Crippen molar-refractivity contribution < 1.29 is 17.7 Å². The molecule has 2 aromatic carbocycles. The van der Waals surface area contributed by atoms with Crippen molar-refractivity contribution in [2.24, 2.45) is 0 Å². The number of aryl methyl sites for hydroxylation is 1. The van der Waals surface area contributed by atoms with Gasteiger partial charge in [0.25, 0.3) is 5.91 Å². The lowest BCUT2D eigenvalue weighted by atomic mass is 10.0. The topological polar surface area (TPSA) is 80.5 Å². The van der Waals surface area contributed by atoms with Gasteiger partial charge in [0, 0.05) is 16.7 Å². The number of hydrogen-bond acceptors (Lipinski definition) is 5. The Balaban J connectivity index is 1.84. The molecule has 29 heavy (non-hydrogen) atoms. The maximum Gasteiger partial charge on any atom is 0.264 e. The summed E-state index contributed by atoms with van der Waals surface area (Å²) in [5, 5.41) is 5.64. The molecular weight excluding hydrogens is 412 g/mol. The Hall–Kier alpha value is -2.90. The van der Waals surface area contributed by atoms with Crippen LogP contribution in [-0.2, 0) is 9.84 Å². The van der Waals surface area contributed by atoms with Crippen LogP contribution in [0.5, 0.6) is 0 Å². The predicted molar refractivity (Wildman–Crippen MR) is 112 cm³/mol. The fourth-order valence-electron chi connectivity index (χ4n) is 3.35. The number of benzene rings is 2. The molecule has 1 amide bonds. The molecule has 6 nitrogen and oxygen atoms in total. The fourth-order valence-corrected chi connectivity index (χ4v) is 4.84. The molecular formula is C21H17ClN2O4S. The van der Waals surface area contributed by atoms with Gasteiger partial charge in [0.2, 0.25) is 0 Å². The summed E-state index contributed by atoms with van der Waals surface area (Å²) in [7, 11) is -3.36. The van der Waals surface area contributed by atoms with E-state index >= 15 is 0 Å². The van der Waals surface area contributed by atoms with Gasteiger partial charge in [-0.05, 0) is 31.2 Å². The predicted octanol–water partition coefficient (Wildman–Crippen LogP) is 4.26. The Bertz CT molecular complexity index is 1200. The van der Waals surface area contributed by atoms with E-state index in [1.807, 2.05) is 6.07 Å². The largest absolute Gasteiger partial charge is 0.360 e. The molecule has 1 aliphatic rings. The standard InChI is InChI=1S/C21H17ClN2O4S/c1-14-19(20(23-28-14)17-9-5-6-10-18(17)22)21(25)24(15-7-3-2-4-8-15)16-11-12-29(26,27)13-16/h2-12,16H,13H2,1H3/t16-/m1/s1. The van der Waals surface area contributed by atoms with Gasteiger partial charge in [-0.2, -0.15) is 0 Å². The molecule has 0 unspecified atom stereocenters. The van der Waals surface area contributed by atoms with Gasteiger partial charge >= 0.3 is 0 Å². The van der Waals surface area contributed by atoms with E-state index in [0.717, 1.165) is 5.41 Å². The second-order valence-corrected chi connectivity index (χ2v) is 9.02. The first kappa shape index (κ1) is 19.4. The first-order valence-corrected chi connectivity index (χ1v) is 11.0. The highest BCUT2D eigenvalue weighted by molar-refractivity contribution is 7.94. The number of anilines is 1. The van der Waals surface area contributed by atoms with Crippen LogP contribution < -0.4 is 4.90 Å². The van der Waals surface area contributed by atoms with E-state index in [1.54, 1.807) is 55.5 Å². The third kappa shape index (κ3) is 3.71. The molecule has 2 heterocycles. The van der Waals surface area contributed by atoms with Crippen molar-refractivity contribution >= 4 is 33.0 Å². The molecule has 0 aliphatic carbocycles. The van der Waals surface area contributed by atoms with Crippen molar-refractivity contribution in [1.29, 1.82) is 0 Å². The maximum atomic E-state index is 13.7. The molecule has 8 heteroatoms. The second-order valence-electron chi connectivity index (χ2n) is 6.68. The van der Waals surface area contributed by atoms with E-state index in [4.69, 9.17) is 16.1 Å². The molecule has 0 bridgehead atoms. The van der Waals surface area contributed by atoms with Crippen LogP contribution in [0.4, 0.5) is 5.69 Å². The number of carbonyl (C=O) groups excluding carboxylic acids is 1. The van der Waals surface area contributed by atoms with Gasteiger partial charge in [-0.1, -0.05) is 53.2 Å². The SMILES string of the molecule is Cc1onc(-c2ccccc2Cl)c1C(=O)N(c1ccccc1)[C@@H]1C=CS(=O)(=O)C1. The molecule has 0 N–H and O–H groups in total. The highest BCUT2D eigenvalue weighted by Crippen LogP contribution is 2.34. The normalized spacial score (nSPS) is 17.4. The number of halogens is 1. The first-order chi connectivity index (χ1) is 13.9. The molecule has 0 fully saturated rings. The van der Waals surface area contributed by atoms with Crippen LogP contribution in [0, 0.1) is 6.92 Å². The summed E-state index contributed by atoms with van der Waals surface area (Å²) in [5.41, 5.74) is 1.72. The lowest BCUT2D eigenvalue weighted by Crippen LogP contribution is -2.41. The smallest absolute Gasteiger partial charge is 0.264 e. The quantitative estimate of drug-likeness (QED) is 0.620. The van der Waals surface area contributed by atoms with E-state index < -0.39 is 21.8 Å². The highest BCUT2D eigenvalue weighted by atomic mass is 35.5. The number of carbonyl (C=O) groups is 1. The van der Waals surface area contributed by atoms with Gasteiger partial charge in [-0.3, -0.25) is 4.79 Å². The van der Waals surface area contributed by atoms with Crippen LogP contribution in [0.2, 0.25) is 5.02 Å². The molecule has 4 rings (SSSR count). The molecule has 1 aliphatic heterocycles. The minimum absolute atomic E-state index is 0.181. The van der Waals surface area contributed by atoms with Gasteiger partial charge in [-0.15, -0.1) is 0 Å². The molecule has 148 valence electrons. The highest BCUT2D eigenvalue weighted by Gasteiger charge is 2.35. The zero-order valence-corrected chi connectivity index (χ0v) is 17.0. The van der Waals surface area contributed by atoms with Crippen molar-refractivity contribution in [3.8, 4) is 11.3 Å². The third-order valence-corrected chi connectivity index (χ3v) is 6.41. The Labute approximate surface area is 173 Å². The van der Waals surface area contributed by atoms with E-state index in [2.05, 4.69) is 5.16 Å². The number of sulfone groups is 1. The van der Waals surface area contributed by atoms with Gasteiger partial charge in [-0.25, -0.2) is 8.42 Å². The van der Waals surface area contributed by atoms with Crippen molar-refractivity contribution in [1.82, 2.24) is 5.16 Å². The fraction of sp³-hybridized carbons (Fsp3) is 0.143. The van der Waals surface area contributed by atoms with Crippen molar-refractivity contribution in [3.63, 3.8) is 0 Å². The second kappa shape index (κ2) is 7.50. The summed E-state index contributed by atoms with van der Waals surface area (Å²) in [6.07, 6.45) is 1.53. The minimum atomic E-state index is -3.36. The summed E-state index contributed by atoms with van der Waals surface area (Å²) in [5.74, 6) is -0.258. The molecule has 1 atom stereocenters. The zero-order chi connectivity index (χ0) is 20.6. The number of hydrogen-bond donors (Lipinski definition) is 0. The van der Waals surface area contributed by atoms with Crippen LogP contribution in [0.25, 0.3) is 11.3 Å². The Morgan fingerprint density at radius 3 is 2.48 bits per heavy atom. The molecule has 1 aromatic heterocycles. The Morgan fingerprint density at radius 2 is 1.83 bits per heavy atom. The van der Waals surface area contributed by atoms with E-state index in [9.17, 15) is 13.2 Å². The van der Waals surface area contributed by atoms with Crippen LogP contribution in [0.3, 0.4) is 0 Å². The summed E-state index contributed by atoms with van der Waals surface area (Å²) in [6.45, 7) is 1.64. The Morgan fingerprint density at radius 1 is 1.14 bits per heavy atom. The lowest BCUT2D eigenvalue weighted by Gasteiger charge is -2.27. The Kier molecular flexibility index (Phi) is 5.02. The molecule has 3 aromatic rings. The summed E-state index contributed by atoms with van der Waals surface area (Å²) >= 11 is 6.31. The number of aromatic nitrogens is 1. The van der Waals surface area contributed by atoms with Gasteiger partial charge < -0.3 is 9.42 Å². The number of amides is 1. The van der Waals surface area contributed by atoms with Crippen molar-refractivity contribution in [2.45, 2.75) is 13.0 Å². The van der Waals surface area contributed by atoms with Crippen LogP contribution in [-0.4, -0.2) is 31.3 Å². The molecule has 0 radical (unpaired) electrons. The average molecular weight is 429 g/mol. The zero-order valence-electron chi connectivity index (χ0n) is 15.4. The van der Waals surface area contributed by atoms with Gasteiger partial charge in [0.15, 0.2) is 9.84 Å². The third-order valence-electron chi connectivity index (χ3n) is 4.70. The first-order valence-electron chi connectivity index (χ1n) is 8.88. The molecule has 0 spiro atoms. The van der Waals surface area contributed by atoms with Crippen molar-refractivity contribution in [2.75, 3.05) is 10.7 Å². The van der Waals surface area contributed by atoms with Crippen molar-refractivity contribution in [3.05, 3.63) is 82.4 Å². The summed E-state index contributed by atoms with van der Waals surface area (Å²) in [4.78, 5) is 15.1. The van der Waals surface area contributed by atoms with E-state index in [0.29, 0.717) is 27.7 Å². The van der Waals surface area contributed by atoms with E-state index in [-0.39, 0.29) is 11.3 Å². The van der Waals surface area contributed by atoms with Crippen LogP contribution >= 0.6 is 11.6 Å². The minimum Gasteiger partial charge on any atom is -0.360 e. The van der Waals surface area contributed by atoms with Crippen LogP contribution in [0.1, 0.15) is 16.1 Å². The van der Waals surface area contributed by atoms with Crippen LogP contribution in [0.15, 0.2) is 70.6 Å². The number of rotatable bonds is 4. The lowest BCUT2D eigenvalue weighted by molar-refractivity contribution is 0.0982.